The number of rotatable bonds is 5. The van der Waals surface area contributed by atoms with Crippen LogP contribution in [0.3, 0.4) is 0 Å². The molecule has 0 aromatic heterocycles. The fourth-order valence-corrected chi connectivity index (χ4v) is 2.48. The van der Waals surface area contributed by atoms with Crippen LogP contribution in [0.15, 0.2) is 48.5 Å². The largest absolute Gasteiger partial charge is 0.418 e. The number of halogens is 4. The van der Waals surface area contributed by atoms with Crippen LogP contribution in [0.4, 0.5) is 28.9 Å². The third kappa shape index (κ3) is 5.18. The second-order valence-corrected chi connectivity index (χ2v) is 6.40. The summed E-state index contributed by atoms with van der Waals surface area (Å²) in [5, 5.41) is 4.63. The van der Waals surface area contributed by atoms with Crippen LogP contribution in [0.5, 0.6) is 0 Å². The second-order valence-electron chi connectivity index (χ2n) is 6.40. The minimum Gasteiger partial charge on any atom is -0.326 e. The highest BCUT2D eigenvalue weighted by Gasteiger charge is 2.35. The highest BCUT2D eigenvalue weighted by molar-refractivity contribution is 6.02. The summed E-state index contributed by atoms with van der Waals surface area (Å²) < 4.78 is 52.9. The molecule has 0 atom stereocenters. The molecule has 1 saturated carbocycles. The molecule has 0 heterocycles. The monoisotopic (exact) mass is 392 g/mol. The van der Waals surface area contributed by atoms with Gasteiger partial charge in [-0.05, 0) is 54.8 Å². The standard InChI is InChI=1S/C20H16F4N2O2/c21-14-6-1-12(2-7-14)3-10-18(27)26-17-9-8-15(11-16(17)20(22,23)24)25-19(28)13-4-5-13/h1-3,6-11,13H,4-5H2,(H,25,28)(H,26,27). The Balaban J connectivity index is 1.75. The van der Waals surface area contributed by atoms with Crippen LogP contribution in [0.2, 0.25) is 0 Å². The molecule has 1 fully saturated rings. The molecule has 0 saturated heterocycles. The summed E-state index contributed by atoms with van der Waals surface area (Å²) in [4.78, 5) is 23.7. The van der Waals surface area contributed by atoms with Crippen molar-refractivity contribution in [1.29, 1.82) is 0 Å². The van der Waals surface area contributed by atoms with E-state index in [9.17, 15) is 27.2 Å². The van der Waals surface area contributed by atoms with Gasteiger partial charge in [0.05, 0.1) is 11.3 Å². The van der Waals surface area contributed by atoms with Crippen molar-refractivity contribution in [2.24, 2.45) is 5.92 Å². The normalized spacial score (nSPS) is 14.1. The molecular formula is C20H16F4N2O2. The number of amides is 2. The van der Waals surface area contributed by atoms with E-state index in [0.29, 0.717) is 5.56 Å². The van der Waals surface area contributed by atoms with Crippen LogP contribution < -0.4 is 10.6 Å². The molecule has 8 heteroatoms. The second kappa shape index (κ2) is 7.84. The maximum Gasteiger partial charge on any atom is 0.418 e. The molecular weight excluding hydrogens is 376 g/mol. The van der Waals surface area contributed by atoms with E-state index in [1.807, 2.05) is 0 Å². The Morgan fingerprint density at radius 1 is 1.00 bits per heavy atom. The van der Waals surface area contributed by atoms with Crippen molar-refractivity contribution in [3.8, 4) is 0 Å². The summed E-state index contributed by atoms with van der Waals surface area (Å²) >= 11 is 0. The molecule has 28 heavy (non-hydrogen) atoms. The first-order valence-corrected chi connectivity index (χ1v) is 8.49. The van der Waals surface area contributed by atoms with Crippen molar-refractivity contribution in [1.82, 2.24) is 0 Å². The quantitative estimate of drug-likeness (QED) is 0.565. The third-order valence-electron chi connectivity index (χ3n) is 4.10. The van der Waals surface area contributed by atoms with Gasteiger partial charge in [-0.1, -0.05) is 12.1 Å². The van der Waals surface area contributed by atoms with Gasteiger partial charge in [0.2, 0.25) is 11.8 Å². The van der Waals surface area contributed by atoms with Gasteiger partial charge in [0, 0.05) is 17.7 Å². The summed E-state index contributed by atoms with van der Waals surface area (Å²) in [6.45, 7) is 0. The van der Waals surface area contributed by atoms with Crippen LogP contribution in [0.25, 0.3) is 6.08 Å². The van der Waals surface area contributed by atoms with Crippen molar-refractivity contribution < 1.29 is 27.2 Å². The lowest BCUT2D eigenvalue weighted by atomic mass is 10.1. The van der Waals surface area contributed by atoms with E-state index in [1.165, 1.54) is 36.4 Å². The van der Waals surface area contributed by atoms with E-state index in [2.05, 4.69) is 10.6 Å². The lowest BCUT2D eigenvalue weighted by Crippen LogP contribution is -2.17. The zero-order valence-electron chi connectivity index (χ0n) is 14.5. The Morgan fingerprint density at radius 3 is 2.29 bits per heavy atom. The fourth-order valence-electron chi connectivity index (χ4n) is 2.48. The number of anilines is 2. The zero-order valence-corrected chi connectivity index (χ0v) is 14.5. The molecule has 0 radical (unpaired) electrons. The molecule has 2 amide bonds. The van der Waals surface area contributed by atoms with Gasteiger partial charge < -0.3 is 10.6 Å². The molecule has 2 aromatic carbocycles. The van der Waals surface area contributed by atoms with Crippen LogP contribution in [-0.4, -0.2) is 11.8 Å². The first-order valence-electron chi connectivity index (χ1n) is 8.49. The highest BCUT2D eigenvalue weighted by atomic mass is 19.4. The van der Waals surface area contributed by atoms with Gasteiger partial charge in [-0.15, -0.1) is 0 Å². The molecule has 2 N–H and O–H groups in total. The summed E-state index contributed by atoms with van der Waals surface area (Å²) in [5.74, 6) is -1.67. The molecule has 0 spiro atoms. The van der Waals surface area contributed by atoms with Crippen molar-refractivity contribution >= 4 is 29.3 Å². The first kappa shape index (κ1) is 19.6. The maximum atomic E-state index is 13.4. The minimum atomic E-state index is -4.72. The number of nitrogens with one attached hydrogen (secondary N) is 2. The van der Waals surface area contributed by atoms with Crippen molar-refractivity contribution in [2.75, 3.05) is 10.6 Å². The summed E-state index contributed by atoms with van der Waals surface area (Å²) in [6, 6.07) is 8.44. The predicted molar refractivity (Wildman–Crippen MR) is 96.9 cm³/mol. The predicted octanol–water partition coefficient (Wildman–Crippen LogP) is 4.84. The van der Waals surface area contributed by atoms with Crippen LogP contribution in [0.1, 0.15) is 24.0 Å². The fraction of sp³-hybridized carbons (Fsp3) is 0.200. The van der Waals surface area contributed by atoms with Crippen molar-refractivity contribution in [3.05, 3.63) is 65.5 Å². The lowest BCUT2D eigenvalue weighted by molar-refractivity contribution is -0.137. The number of alkyl halides is 3. The molecule has 3 rings (SSSR count). The topological polar surface area (TPSA) is 58.2 Å². The third-order valence-corrected chi connectivity index (χ3v) is 4.10. The smallest absolute Gasteiger partial charge is 0.326 e. The molecule has 0 aliphatic heterocycles. The molecule has 1 aliphatic rings. The van der Waals surface area contributed by atoms with E-state index in [-0.39, 0.29) is 17.5 Å². The number of benzene rings is 2. The molecule has 0 bridgehead atoms. The number of carbonyl (C=O) groups excluding carboxylic acids is 2. The van der Waals surface area contributed by atoms with Crippen molar-refractivity contribution in [3.63, 3.8) is 0 Å². The Labute approximate surface area is 158 Å². The van der Waals surface area contributed by atoms with Crippen LogP contribution >= 0.6 is 0 Å². The van der Waals surface area contributed by atoms with E-state index >= 15 is 0 Å². The molecule has 2 aromatic rings. The van der Waals surface area contributed by atoms with E-state index in [1.54, 1.807) is 0 Å². The minimum absolute atomic E-state index is 0.0177. The average molecular weight is 392 g/mol. The van der Waals surface area contributed by atoms with E-state index in [4.69, 9.17) is 0 Å². The van der Waals surface area contributed by atoms with Crippen LogP contribution in [-0.2, 0) is 15.8 Å². The Bertz CT molecular complexity index is 917. The SMILES string of the molecule is O=C(C=Cc1ccc(F)cc1)Nc1ccc(NC(=O)C2CC2)cc1C(F)(F)F. The summed E-state index contributed by atoms with van der Waals surface area (Å²) in [6.07, 6.45) is -0.856. The van der Waals surface area contributed by atoms with Gasteiger partial charge in [0.1, 0.15) is 5.82 Å². The average Bonchev–Trinajstić information content (AvgIpc) is 3.47. The van der Waals surface area contributed by atoms with Crippen LogP contribution in [0, 0.1) is 11.7 Å². The maximum absolute atomic E-state index is 13.4. The van der Waals surface area contributed by atoms with Gasteiger partial charge in [-0.25, -0.2) is 4.39 Å². The Kier molecular flexibility index (Phi) is 5.48. The number of hydrogen-bond acceptors (Lipinski definition) is 2. The number of hydrogen-bond donors (Lipinski definition) is 2. The summed E-state index contributed by atoms with van der Waals surface area (Å²) in [7, 11) is 0. The highest BCUT2D eigenvalue weighted by Crippen LogP contribution is 2.37. The zero-order chi connectivity index (χ0) is 20.3. The summed E-state index contributed by atoms with van der Waals surface area (Å²) in [5.41, 5.74) is -0.954. The number of carbonyl (C=O) groups is 2. The first-order chi connectivity index (χ1) is 13.2. The van der Waals surface area contributed by atoms with Crippen molar-refractivity contribution in [2.45, 2.75) is 19.0 Å². The Morgan fingerprint density at radius 2 is 1.68 bits per heavy atom. The van der Waals surface area contributed by atoms with E-state index < -0.39 is 29.2 Å². The molecule has 146 valence electrons. The van der Waals surface area contributed by atoms with Gasteiger partial charge in [0.25, 0.3) is 0 Å². The molecule has 4 nitrogen and oxygen atoms in total. The van der Waals surface area contributed by atoms with Gasteiger partial charge in [-0.3, -0.25) is 9.59 Å². The van der Waals surface area contributed by atoms with Gasteiger partial charge in [-0.2, -0.15) is 13.2 Å². The van der Waals surface area contributed by atoms with E-state index in [0.717, 1.165) is 31.1 Å². The molecule has 1 aliphatic carbocycles. The van der Waals surface area contributed by atoms with Gasteiger partial charge in [0.15, 0.2) is 0 Å². The van der Waals surface area contributed by atoms with Gasteiger partial charge >= 0.3 is 6.18 Å². The molecule has 0 unspecified atom stereocenters. The lowest BCUT2D eigenvalue weighted by Gasteiger charge is -2.15. The Hall–Kier alpha value is -3.16.